The largest absolute Gasteiger partial charge is 0.453 e. The predicted octanol–water partition coefficient (Wildman–Crippen LogP) is 0.695. The van der Waals surface area contributed by atoms with Gasteiger partial charge in [-0.25, -0.2) is 9.59 Å². The highest BCUT2D eigenvalue weighted by Gasteiger charge is 2.24. The van der Waals surface area contributed by atoms with E-state index in [-0.39, 0.29) is 24.3 Å². The Labute approximate surface area is 119 Å². The molecule has 7 heteroatoms. The molecular formula is C13H23N3O4. The number of urea groups is 1. The monoisotopic (exact) mass is 285 g/mol. The lowest BCUT2D eigenvalue weighted by molar-refractivity contribution is 0.107. The minimum absolute atomic E-state index is 0.111. The number of likely N-dealkylation sites (tertiary alicyclic amines) is 1. The SMILES string of the molecule is COC(=O)N1CCC(NC(=O)NCC2CCCO2)CC1. The number of hydrogen-bond acceptors (Lipinski definition) is 4. The predicted molar refractivity (Wildman–Crippen MR) is 72.5 cm³/mol. The first-order valence-electron chi connectivity index (χ1n) is 7.18. The molecule has 2 aliphatic rings. The van der Waals surface area contributed by atoms with Gasteiger partial charge < -0.3 is 25.0 Å². The Morgan fingerprint density at radius 3 is 2.65 bits per heavy atom. The number of methoxy groups -OCH3 is 1. The van der Waals surface area contributed by atoms with E-state index in [0.717, 1.165) is 32.3 Å². The van der Waals surface area contributed by atoms with Crippen molar-refractivity contribution >= 4 is 12.1 Å². The molecule has 114 valence electrons. The van der Waals surface area contributed by atoms with Gasteiger partial charge in [0.2, 0.25) is 0 Å². The highest BCUT2D eigenvalue weighted by molar-refractivity contribution is 5.74. The Kier molecular flexibility index (Phi) is 5.46. The molecule has 0 aromatic heterocycles. The van der Waals surface area contributed by atoms with Crippen molar-refractivity contribution in [3.63, 3.8) is 0 Å². The van der Waals surface area contributed by atoms with Crippen LogP contribution in [0.2, 0.25) is 0 Å². The van der Waals surface area contributed by atoms with Gasteiger partial charge in [-0.2, -0.15) is 0 Å². The molecule has 2 N–H and O–H groups in total. The zero-order valence-corrected chi connectivity index (χ0v) is 11.9. The molecule has 0 saturated carbocycles. The summed E-state index contributed by atoms with van der Waals surface area (Å²) in [5.74, 6) is 0. The molecule has 3 amide bonds. The molecule has 1 atom stereocenters. The number of amides is 3. The summed E-state index contributed by atoms with van der Waals surface area (Å²) in [6, 6.07) is -0.0441. The molecule has 7 nitrogen and oxygen atoms in total. The lowest BCUT2D eigenvalue weighted by Crippen LogP contribution is -2.50. The summed E-state index contributed by atoms with van der Waals surface area (Å²) in [5, 5.41) is 5.77. The summed E-state index contributed by atoms with van der Waals surface area (Å²) in [6.07, 6.45) is 3.44. The second kappa shape index (κ2) is 7.33. The van der Waals surface area contributed by atoms with Crippen LogP contribution in [0.1, 0.15) is 25.7 Å². The molecular weight excluding hydrogens is 262 g/mol. The van der Waals surface area contributed by atoms with Crippen molar-refractivity contribution in [2.75, 3.05) is 33.4 Å². The molecule has 0 spiro atoms. The number of carbonyl (C=O) groups excluding carboxylic acids is 2. The molecule has 0 aromatic carbocycles. The lowest BCUT2D eigenvalue weighted by Gasteiger charge is -2.31. The molecule has 1 unspecified atom stereocenters. The zero-order chi connectivity index (χ0) is 14.4. The average molecular weight is 285 g/mol. The molecule has 0 bridgehead atoms. The Bertz CT molecular complexity index is 337. The fourth-order valence-electron chi connectivity index (χ4n) is 2.58. The highest BCUT2D eigenvalue weighted by Crippen LogP contribution is 2.12. The van der Waals surface area contributed by atoms with Gasteiger partial charge in [-0.15, -0.1) is 0 Å². The zero-order valence-electron chi connectivity index (χ0n) is 11.9. The van der Waals surface area contributed by atoms with Crippen LogP contribution in [0.15, 0.2) is 0 Å². The van der Waals surface area contributed by atoms with Gasteiger partial charge in [0, 0.05) is 32.3 Å². The first-order chi connectivity index (χ1) is 9.69. The van der Waals surface area contributed by atoms with E-state index >= 15 is 0 Å². The van der Waals surface area contributed by atoms with Gasteiger partial charge in [0.25, 0.3) is 0 Å². The van der Waals surface area contributed by atoms with Gasteiger partial charge in [-0.1, -0.05) is 0 Å². The second-order valence-electron chi connectivity index (χ2n) is 5.22. The van der Waals surface area contributed by atoms with Crippen LogP contribution in [0.5, 0.6) is 0 Å². The number of nitrogens with zero attached hydrogens (tertiary/aromatic N) is 1. The number of hydrogen-bond donors (Lipinski definition) is 2. The van der Waals surface area contributed by atoms with Gasteiger partial charge in [0.1, 0.15) is 0 Å². The Balaban J connectivity index is 1.62. The van der Waals surface area contributed by atoms with Crippen molar-refractivity contribution in [2.45, 2.75) is 37.8 Å². The summed E-state index contributed by atoms with van der Waals surface area (Å²) < 4.78 is 10.1. The summed E-state index contributed by atoms with van der Waals surface area (Å²) in [6.45, 7) is 2.58. The normalized spacial score (nSPS) is 23.4. The maximum absolute atomic E-state index is 11.8. The Morgan fingerprint density at radius 2 is 2.05 bits per heavy atom. The van der Waals surface area contributed by atoms with Gasteiger partial charge in [0.05, 0.1) is 13.2 Å². The minimum Gasteiger partial charge on any atom is -0.453 e. The van der Waals surface area contributed by atoms with Crippen LogP contribution < -0.4 is 10.6 Å². The third kappa shape index (κ3) is 4.26. The second-order valence-corrected chi connectivity index (χ2v) is 5.22. The molecule has 0 radical (unpaired) electrons. The average Bonchev–Trinajstić information content (AvgIpc) is 2.98. The van der Waals surface area contributed by atoms with E-state index in [1.807, 2.05) is 0 Å². The summed E-state index contributed by atoms with van der Waals surface area (Å²) >= 11 is 0. The third-order valence-corrected chi connectivity index (χ3v) is 3.78. The van der Waals surface area contributed by atoms with Crippen molar-refractivity contribution in [1.82, 2.24) is 15.5 Å². The maximum Gasteiger partial charge on any atom is 0.409 e. The maximum atomic E-state index is 11.8. The Morgan fingerprint density at radius 1 is 1.30 bits per heavy atom. The Hall–Kier alpha value is -1.50. The smallest absolute Gasteiger partial charge is 0.409 e. The summed E-state index contributed by atoms with van der Waals surface area (Å²) in [4.78, 5) is 24.7. The minimum atomic E-state index is -0.300. The topological polar surface area (TPSA) is 79.9 Å². The van der Waals surface area contributed by atoms with Gasteiger partial charge in [-0.3, -0.25) is 0 Å². The van der Waals surface area contributed by atoms with Crippen LogP contribution in [0.4, 0.5) is 9.59 Å². The third-order valence-electron chi connectivity index (χ3n) is 3.78. The van der Waals surface area contributed by atoms with Crippen molar-refractivity contribution < 1.29 is 19.1 Å². The molecule has 2 saturated heterocycles. The first-order valence-corrected chi connectivity index (χ1v) is 7.18. The number of rotatable bonds is 3. The fourth-order valence-corrected chi connectivity index (χ4v) is 2.58. The summed E-state index contributed by atoms with van der Waals surface area (Å²) in [7, 11) is 1.38. The van der Waals surface area contributed by atoms with E-state index in [4.69, 9.17) is 4.74 Å². The van der Waals surface area contributed by atoms with Crippen LogP contribution >= 0.6 is 0 Å². The van der Waals surface area contributed by atoms with Crippen molar-refractivity contribution in [3.8, 4) is 0 Å². The number of piperidine rings is 1. The van der Waals surface area contributed by atoms with Gasteiger partial charge >= 0.3 is 12.1 Å². The van der Waals surface area contributed by atoms with E-state index in [1.54, 1.807) is 4.90 Å². The molecule has 2 fully saturated rings. The lowest BCUT2D eigenvalue weighted by atomic mass is 10.1. The number of carbonyl (C=O) groups is 2. The van der Waals surface area contributed by atoms with Crippen LogP contribution in [-0.4, -0.2) is 62.5 Å². The first kappa shape index (κ1) is 14.9. The van der Waals surface area contributed by atoms with Crippen molar-refractivity contribution in [2.24, 2.45) is 0 Å². The molecule has 20 heavy (non-hydrogen) atoms. The van der Waals surface area contributed by atoms with Crippen molar-refractivity contribution in [3.05, 3.63) is 0 Å². The summed E-state index contributed by atoms with van der Waals surface area (Å²) in [5.41, 5.74) is 0. The molecule has 2 rings (SSSR count). The van der Waals surface area contributed by atoms with E-state index in [0.29, 0.717) is 19.6 Å². The van der Waals surface area contributed by atoms with Crippen LogP contribution in [-0.2, 0) is 9.47 Å². The standard InChI is InChI=1S/C13H23N3O4/c1-19-13(18)16-6-4-10(5-7-16)15-12(17)14-9-11-3-2-8-20-11/h10-11H,2-9H2,1H3,(H2,14,15,17). The molecule has 2 heterocycles. The quantitative estimate of drug-likeness (QED) is 0.800. The van der Waals surface area contributed by atoms with Crippen LogP contribution in [0, 0.1) is 0 Å². The molecule has 0 aliphatic carbocycles. The molecule has 0 aromatic rings. The van der Waals surface area contributed by atoms with E-state index < -0.39 is 0 Å². The van der Waals surface area contributed by atoms with E-state index in [1.165, 1.54) is 7.11 Å². The van der Waals surface area contributed by atoms with E-state index in [9.17, 15) is 9.59 Å². The number of nitrogens with one attached hydrogen (secondary N) is 2. The highest BCUT2D eigenvalue weighted by atomic mass is 16.5. The molecule has 2 aliphatic heterocycles. The van der Waals surface area contributed by atoms with Crippen LogP contribution in [0.3, 0.4) is 0 Å². The fraction of sp³-hybridized carbons (Fsp3) is 0.846. The van der Waals surface area contributed by atoms with Gasteiger partial charge in [0.15, 0.2) is 0 Å². The van der Waals surface area contributed by atoms with Gasteiger partial charge in [-0.05, 0) is 25.7 Å². The van der Waals surface area contributed by atoms with E-state index in [2.05, 4.69) is 15.4 Å². The van der Waals surface area contributed by atoms with Crippen LogP contribution in [0.25, 0.3) is 0 Å². The number of ether oxygens (including phenoxy) is 2. The van der Waals surface area contributed by atoms with Crippen molar-refractivity contribution in [1.29, 1.82) is 0 Å².